The third-order valence-electron chi connectivity index (χ3n) is 4.18. The van der Waals surface area contributed by atoms with Crippen LogP contribution in [-0.4, -0.2) is 0 Å². The fraction of sp³-hybridized carbons (Fsp3) is 0.200. The van der Waals surface area contributed by atoms with E-state index < -0.39 is 23.5 Å². The summed E-state index contributed by atoms with van der Waals surface area (Å²) < 4.78 is 72.4. The van der Waals surface area contributed by atoms with Gasteiger partial charge in [0.25, 0.3) is 0 Å². The molecule has 0 aliphatic heterocycles. The second kappa shape index (κ2) is 12.0. The molecule has 32 heavy (non-hydrogen) atoms. The van der Waals surface area contributed by atoms with Crippen LogP contribution < -0.4 is 5.73 Å². The SMILES string of the molecule is C=Cc1ccc(C(F)(F)F)cc1.CC(C)c1ccc(C(F)(F)F)cc1.Nc1ccccc1. The number of nitrogens with two attached hydrogens (primary N) is 1. The molecule has 0 fully saturated rings. The molecule has 0 amide bonds. The van der Waals surface area contributed by atoms with Gasteiger partial charge in [0.1, 0.15) is 0 Å². The number of hydrogen-bond donors (Lipinski definition) is 1. The number of rotatable bonds is 2. The molecule has 3 rings (SSSR count). The van der Waals surface area contributed by atoms with Crippen molar-refractivity contribution in [2.45, 2.75) is 32.1 Å². The van der Waals surface area contributed by atoms with Crippen molar-refractivity contribution in [1.29, 1.82) is 0 Å². The number of halogens is 6. The van der Waals surface area contributed by atoms with Crippen LogP contribution in [0.2, 0.25) is 0 Å². The van der Waals surface area contributed by atoms with Gasteiger partial charge >= 0.3 is 12.4 Å². The number of hydrogen-bond acceptors (Lipinski definition) is 1. The van der Waals surface area contributed by atoms with Crippen molar-refractivity contribution < 1.29 is 26.3 Å². The van der Waals surface area contributed by atoms with Gasteiger partial charge < -0.3 is 5.73 Å². The normalized spacial score (nSPS) is 11.0. The molecule has 0 unspecified atom stereocenters. The van der Waals surface area contributed by atoms with Crippen LogP contribution in [0.5, 0.6) is 0 Å². The number of benzene rings is 3. The van der Waals surface area contributed by atoms with Crippen LogP contribution >= 0.6 is 0 Å². The Balaban J connectivity index is 0.000000250. The zero-order valence-electron chi connectivity index (χ0n) is 17.7. The predicted octanol–water partition coefficient (Wildman–Crippen LogP) is 8.45. The molecule has 0 bridgehead atoms. The smallest absolute Gasteiger partial charge is 0.399 e. The summed E-state index contributed by atoms with van der Waals surface area (Å²) >= 11 is 0. The van der Waals surface area contributed by atoms with Gasteiger partial charge in [-0.05, 0) is 53.4 Å². The fourth-order valence-corrected chi connectivity index (χ4v) is 2.32. The molecule has 3 aromatic carbocycles. The van der Waals surface area contributed by atoms with Gasteiger partial charge in [-0.15, -0.1) is 0 Å². The first kappa shape index (κ1) is 26.8. The van der Waals surface area contributed by atoms with Gasteiger partial charge in [0.15, 0.2) is 0 Å². The summed E-state index contributed by atoms with van der Waals surface area (Å²) in [4.78, 5) is 0. The fourth-order valence-electron chi connectivity index (χ4n) is 2.32. The van der Waals surface area contributed by atoms with Gasteiger partial charge in [-0.1, -0.05) is 69.0 Å². The van der Waals surface area contributed by atoms with E-state index in [0.717, 1.165) is 35.5 Å². The molecule has 1 nitrogen and oxygen atoms in total. The molecular formula is C25H25F6N. The van der Waals surface area contributed by atoms with E-state index in [1.807, 2.05) is 44.2 Å². The van der Waals surface area contributed by atoms with Crippen LogP contribution in [-0.2, 0) is 12.4 Å². The van der Waals surface area contributed by atoms with Gasteiger partial charge in [-0.25, -0.2) is 0 Å². The van der Waals surface area contributed by atoms with Crippen molar-refractivity contribution in [2.75, 3.05) is 5.73 Å². The van der Waals surface area contributed by atoms with E-state index in [0.29, 0.717) is 5.56 Å². The first-order chi connectivity index (χ1) is 14.8. The molecule has 0 saturated heterocycles. The van der Waals surface area contributed by atoms with Crippen LogP contribution in [0.25, 0.3) is 6.08 Å². The topological polar surface area (TPSA) is 26.0 Å². The molecule has 0 atom stereocenters. The van der Waals surface area contributed by atoms with Gasteiger partial charge in [0.05, 0.1) is 11.1 Å². The maximum absolute atomic E-state index is 12.1. The quantitative estimate of drug-likeness (QED) is 0.306. The molecule has 0 saturated carbocycles. The third-order valence-corrected chi connectivity index (χ3v) is 4.18. The lowest BCUT2D eigenvalue weighted by atomic mass is 10.0. The van der Waals surface area contributed by atoms with E-state index in [-0.39, 0.29) is 5.92 Å². The van der Waals surface area contributed by atoms with Crippen LogP contribution in [0.15, 0.2) is 85.4 Å². The monoisotopic (exact) mass is 453 g/mol. The Bertz CT molecular complexity index is 925. The number of nitrogen functional groups attached to an aromatic ring is 1. The minimum Gasteiger partial charge on any atom is -0.399 e. The van der Waals surface area contributed by atoms with Gasteiger partial charge in [0.2, 0.25) is 0 Å². The van der Waals surface area contributed by atoms with Crippen LogP contribution in [0.1, 0.15) is 42.0 Å². The summed E-state index contributed by atoms with van der Waals surface area (Å²) in [7, 11) is 0. The number of para-hydroxylation sites is 1. The minimum absolute atomic E-state index is 0.266. The van der Waals surface area contributed by atoms with Gasteiger partial charge in [-0.3, -0.25) is 0 Å². The maximum atomic E-state index is 12.1. The lowest BCUT2D eigenvalue weighted by molar-refractivity contribution is -0.138. The maximum Gasteiger partial charge on any atom is 0.416 e. The van der Waals surface area contributed by atoms with Crippen molar-refractivity contribution in [2.24, 2.45) is 0 Å². The Morgan fingerprint density at radius 1 is 0.688 bits per heavy atom. The molecule has 0 heterocycles. The minimum atomic E-state index is -4.25. The Morgan fingerprint density at radius 3 is 1.38 bits per heavy atom. The first-order valence-corrected chi connectivity index (χ1v) is 9.62. The Morgan fingerprint density at radius 2 is 1.09 bits per heavy atom. The highest BCUT2D eigenvalue weighted by molar-refractivity contribution is 5.47. The average Bonchev–Trinajstić information content (AvgIpc) is 2.74. The number of alkyl halides is 6. The standard InChI is InChI=1S/C10H11F3.C9H7F3.C6H7N/c1-7(2)8-3-5-9(6-4-8)10(11,12)13;1-2-7-3-5-8(6-4-7)9(10,11)12;7-6-4-2-1-3-5-6/h3-7H,1-2H3;2-6H,1H2;1-5H,7H2. The molecule has 0 aliphatic rings. The van der Waals surface area contributed by atoms with E-state index in [4.69, 9.17) is 5.73 Å². The van der Waals surface area contributed by atoms with E-state index in [1.165, 1.54) is 30.3 Å². The van der Waals surface area contributed by atoms with Crippen molar-refractivity contribution in [3.05, 3.63) is 108 Å². The second-order valence-electron chi connectivity index (χ2n) is 7.01. The van der Waals surface area contributed by atoms with Crippen molar-refractivity contribution in [3.8, 4) is 0 Å². The highest BCUT2D eigenvalue weighted by atomic mass is 19.4. The average molecular weight is 453 g/mol. The largest absolute Gasteiger partial charge is 0.416 e. The van der Waals surface area contributed by atoms with E-state index >= 15 is 0 Å². The molecule has 0 radical (unpaired) electrons. The number of anilines is 1. The van der Waals surface area contributed by atoms with E-state index in [2.05, 4.69) is 6.58 Å². The molecule has 0 aromatic heterocycles. The van der Waals surface area contributed by atoms with E-state index in [9.17, 15) is 26.3 Å². The Hall–Kier alpha value is -3.22. The van der Waals surface area contributed by atoms with Crippen LogP contribution in [0.4, 0.5) is 32.0 Å². The summed E-state index contributed by atoms with van der Waals surface area (Å²) in [5.41, 5.74) is 6.57. The lowest BCUT2D eigenvalue weighted by Gasteiger charge is -2.09. The summed E-state index contributed by atoms with van der Waals surface area (Å²) in [6.45, 7) is 7.34. The molecule has 3 aromatic rings. The zero-order chi connectivity index (χ0) is 24.4. The van der Waals surface area contributed by atoms with Gasteiger partial charge in [-0.2, -0.15) is 26.3 Å². The molecule has 7 heteroatoms. The molecular weight excluding hydrogens is 428 g/mol. The summed E-state index contributed by atoms with van der Waals surface area (Å²) in [6, 6.07) is 19.6. The lowest BCUT2D eigenvalue weighted by Crippen LogP contribution is -2.04. The Kier molecular flexibility index (Phi) is 10.0. The predicted molar refractivity (Wildman–Crippen MR) is 118 cm³/mol. The summed E-state index contributed by atoms with van der Waals surface area (Å²) in [5, 5.41) is 0. The van der Waals surface area contributed by atoms with Crippen molar-refractivity contribution >= 4 is 11.8 Å². The highest BCUT2D eigenvalue weighted by Crippen LogP contribution is 2.30. The van der Waals surface area contributed by atoms with Crippen LogP contribution in [0.3, 0.4) is 0 Å². The molecule has 172 valence electrons. The van der Waals surface area contributed by atoms with Crippen molar-refractivity contribution in [1.82, 2.24) is 0 Å². The highest BCUT2D eigenvalue weighted by Gasteiger charge is 2.30. The molecule has 2 N–H and O–H groups in total. The summed E-state index contributed by atoms with van der Waals surface area (Å²) in [6.07, 6.45) is -6.98. The van der Waals surface area contributed by atoms with Gasteiger partial charge in [0, 0.05) is 5.69 Å². The molecule has 0 spiro atoms. The van der Waals surface area contributed by atoms with Crippen molar-refractivity contribution in [3.63, 3.8) is 0 Å². The molecule has 0 aliphatic carbocycles. The third kappa shape index (κ3) is 9.73. The zero-order valence-corrected chi connectivity index (χ0v) is 17.7. The summed E-state index contributed by atoms with van der Waals surface area (Å²) in [5.74, 6) is 0.266. The van der Waals surface area contributed by atoms with Crippen LogP contribution in [0, 0.1) is 0 Å². The first-order valence-electron chi connectivity index (χ1n) is 9.62. The van der Waals surface area contributed by atoms with E-state index in [1.54, 1.807) is 0 Å². The second-order valence-corrected chi connectivity index (χ2v) is 7.01. The Labute approximate surface area is 184 Å².